The topological polar surface area (TPSA) is 86.2 Å². The second-order valence-corrected chi connectivity index (χ2v) is 1.75. The molecule has 0 aromatic carbocycles. The van der Waals surface area contributed by atoms with Crippen LogP contribution in [0.5, 0.6) is 0 Å². The van der Waals surface area contributed by atoms with Crippen LogP contribution in [0.3, 0.4) is 0 Å². The predicted octanol–water partition coefficient (Wildman–Crippen LogP) is -1.22. The van der Waals surface area contributed by atoms with Crippen LogP contribution in [0.25, 0.3) is 0 Å². The Labute approximate surface area is 54.7 Å². The highest BCUT2D eigenvalue weighted by atomic mass is 16.1. The van der Waals surface area contributed by atoms with Gasteiger partial charge in [-0.1, -0.05) is 0 Å². The molecule has 0 saturated heterocycles. The van der Waals surface area contributed by atoms with E-state index in [4.69, 9.17) is 7.15 Å². The smallest absolute Gasteiger partial charge is 0.217 e. The summed E-state index contributed by atoms with van der Waals surface area (Å²) in [5.41, 5.74) is 6.79. The molecule has 4 N–H and O–H groups in total. The van der Waals surface area contributed by atoms with Crippen molar-refractivity contribution in [1.29, 1.82) is 0 Å². The van der Waals surface area contributed by atoms with Crippen LogP contribution in [0.2, 0.25) is 1.41 Å². The summed E-state index contributed by atoms with van der Waals surface area (Å²) in [6, 6.07) is -0.576. The maximum absolute atomic E-state index is 10.2. The maximum atomic E-state index is 10.2. The zero-order chi connectivity index (χ0) is 7.98. The number of carbonyl (C=O) groups is 2. The number of hydrogen-bond acceptors (Lipinski definition) is 3. The molecule has 0 bridgehead atoms. The molecule has 0 radical (unpaired) electrons. The SMILES string of the molecule is [3H]N[C@@H](C=O)CCC(N)=O. The van der Waals surface area contributed by atoms with E-state index in [1.807, 2.05) is 5.73 Å². The third kappa shape index (κ3) is 4.96. The Morgan fingerprint density at radius 3 is 2.89 bits per heavy atom. The van der Waals surface area contributed by atoms with Gasteiger partial charge in [-0.25, -0.2) is 0 Å². The minimum absolute atomic E-state index is 0.134. The average molecular weight is 132 g/mol. The van der Waals surface area contributed by atoms with Gasteiger partial charge in [0.15, 0.2) is 0 Å². The van der Waals surface area contributed by atoms with Crippen LogP contribution in [-0.4, -0.2) is 18.2 Å². The van der Waals surface area contributed by atoms with E-state index in [-0.39, 0.29) is 6.42 Å². The average Bonchev–Trinajstić information content (AvgIpc) is 1.90. The molecule has 0 aliphatic rings. The van der Waals surface area contributed by atoms with Gasteiger partial charge in [0, 0.05) is 6.42 Å². The molecule has 0 spiro atoms. The largest absolute Gasteiger partial charge is 0.370 e. The van der Waals surface area contributed by atoms with Gasteiger partial charge in [0.05, 0.1) is 6.04 Å². The standard InChI is InChI=1S/C5H10N2O2/c6-4(3-8)1-2-5(7)9/h3-4H,1-2,6H2,(H2,7,9)/t4-/m1/s1/i/hT. The van der Waals surface area contributed by atoms with Crippen molar-refractivity contribution in [3.05, 3.63) is 0 Å². The lowest BCUT2D eigenvalue weighted by molar-refractivity contribution is -0.118. The lowest BCUT2D eigenvalue weighted by Crippen LogP contribution is -2.24. The summed E-state index contributed by atoms with van der Waals surface area (Å²) in [7, 11) is 0. The molecule has 1 atom stereocenters. The number of carbonyl (C=O) groups excluding carboxylic acids is 2. The Kier molecular flexibility index (Phi) is 2.78. The molecule has 0 heterocycles. The number of amides is 1. The first kappa shape index (κ1) is 6.22. The molecule has 0 aliphatic heterocycles. The fourth-order valence-electron chi connectivity index (χ4n) is 0.366. The van der Waals surface area contributed by atoms with Gasteiger partial charge in [-0.15, -0.1) is 0 Å². The lowest BCUT2D eigenvalue weighted by Gasteiger charge is -1.98. The van der Waals surface area contributed by atoms with Crippen molar-refractivity contribution in [2.75, 3.05) is 0 Å². The molecule has 4 nitrogen and oxygen atoms in total. The molecule has 4 heteroatoms. The molecule has 0 aromatic rings. The fourth-order valence-corrected chi connectivity index (χ4v) is 0.366. The van der Waals surface area contributed by atoms with Gasteiger partial charge in [-0.3, -0.25) is 4.79 Å². The van der Waals surface area contributed by atoms with E-state index in [2.05, 4.69) is 0 Å². The van der Waals surface area contributed by atoms with E-state index in [0.29, 0.717) is 12.7 Å². The third-order valence-corrected chi connectivity index (χ3v) is 0.866. The van der Waals surface area contributed by atoms with Crippen molar-refractivity contribution in [2.24, 2.45) is 11.5 Å². The van der Waals surface area contributed by atoms with Crippen LogP contribution in [0, 0.1) is 0 Å². The van der Waals surface area contributed by atoms with Gasteiger partial charge < -0.3 is 16.3 Å². The highest BCUT2D eigenvalue weighted by Crippen LogP contribution is 1.88. The summed E-state index contributed by atoms with van der Waals surface area (Å²) >= 11 is 0. The Bertz CT molecular complexity index is 129. The molecule has 0 fully saturated rings. The third-order valence-electron chi connectivity index (χ3n) is 0.866. The van der Waals surface area contributed by atoms with E-state index < -0.39 is 11.9 Å². The van der Waals surface area contributed by atoms with Gasteiger partial charge in [0.2, 0.25) is 5.91 Å². The van der Waals surface area contributed by atoms with Crippen molar-refractivity contribution >= 4 is 12.2 Å². The number of rotatable bonds is 5. The Morgan fingerprint density at radius 2 is 2.56 bits per heavy atom. The second kappa shape index (κ2) is 4.03. The first-order chi connectivity index (χ1) is 4.70. The van der Waals surface area contributed by atoms with Crippen molar-refractivity contribution in [2.45, 2.75) is 18.9 Å². The van der Waals surface area contributed by atoms with Crippen molar-refractivity contribution in [3.8, 4) is 0 Å². The molecule has 9 heavy (non-hydrogen) atoms. The van der Waals surface area contributed by atoms with Gasteiger partial charge in [-0.05, 0) is 6.42 Å². The Balaban J connectivity index is 3.44. The van der Waals surface area contributed by atoms with Crippen LogP contribution in [0.4, 0.5) is 0 Å². The number of primary amides is 1. The second-order valence-electron chi connectivity index (χ2n) is 1.75. The highest BCUT2D eigenvalue weighted by molar-refractivity contribution is 5.74. The normalized spacial score (nSPS) is 14.0. The van der Waals surface area contributed by atoms with Gasteiger partial charge in [-0.2, -0.15) is 0 Å². The zero-order valence-electron chi connectivity index (χ0n) is 5.96. The summed E-state index contributed by atoms with van der Waals surface area (Å²) < 4.78 is 6.57. The minimum Gasteiger partial charge on any atom is -0.370 e. The molecule has 0 aromatic heterocycles. The van der Waals surface area contributed by atoms with E-state index in [9.17, 15) is 9.59 Å². The van der Waals surface area contributed by atoms with E-state index in [1.54, 1.807) is 0 Å². The number of hydrogen-bond donors (Lipinski definition) is 2. The zero-order valence-corrected chi connectivity index (χ0v) is 4.96. The van der Waals surface area contributed by atoms with E-state index in [1.165, 1.54) is 0 Å². The molecule has 52 valence electrons. The van der Waals surface area contributed by atoms with Crippen LogP contribution in [0.15, 0.2) is 0 Å². The van der Waals surface area contributed by atoms with E-state index >= 15 is 0 Å². The quantitative estimate of drug-likeness (QED) is 0.459. The predicted molar refractivity (Wildman–Crippen MR) is 32.5 cm³/mol. The van der Waals surface area contributed by atoms with Crippen molar-refractivity contribution < 1.29 is 11.0 Å². The highest BCUT2D eigenvalue weighted by Gasteiger charge is 2.00. The number of aldehydes is 1. The molecular formula is C5H10N2O2. The monoisotopic (exact) mass is 132 g/mol. The molecule has 1 amide bonds. The fraction of sp³-hybridized carbons (Fsp3) is 0.600. The summed E-state index contributed by atoms with van der Waals surface area (Å²) in [6.45, 7) is 0. The summed E-state index contributed by atoms with van der Waals surface area (Å²) in [5.74, 6) is -0.456. The van der Waals surface area contributed by atoms with Gasteiger partial charge in [0.1, 0.15) is 7.70 Å². The summed E-state index contributed by atoms with van der Waals surface area (Å²) in [6.07, 6.45) is 1.01. The molecule has 0 unspecified atom stereocenters. The molecule has 0 aliphatic carbocycles. The lowest BCUT2D eigenvalue weighted by atomic mass is 10.2. The summed E-state index contributed by atoms with van der Waals surface area (Å²) in [5, 5.41) is 0. The molecular weight excluding hydrogens is 120 g/mol. The van der Waals surface area contributed by atoms with E-state index in [0.717, 1.165) is 0 Å². The van der Waals surface area contributed by atoms with Gasteiger partial charge >= 0.3 is 0 Å². The van der Waals surface area contributed by atoms with Crippen LogP contribution < -0.4 is 11.5 Å². The first-order valence-electron chi connectivity index (χ1n) is 3.11. The van der Waals surface area contributed by atoms with Crippen molar-refractivity contribution in [1.82, 2.24) is 0 Å². The first-order valence-corrected chi connectivity index (χ1v) is 2.61. The van der Waals surface area contributed by atoms with Crippen molar-refractivity contribution in [3.63, 3.8) is 0 Å². The molecule has 0 rings (SSSR count). The van der Waals surface area contributed by atoms with Crippen LogP contribution in [-0.2, 0) is 9.59 Å². The minimum atomic E-state index is -0.576. The summed E-state index contributed by atoms with van der Waals surface area (Å²) in [4.78, 5) is 20.2. The van der Waals surface area contributed by atoms with Gasteiger partial charge in [0.25, 0.3) is 0 Å². The van der Waals surface area contributed by atoms with Crippen LogP contribution in [0.1, 0.15) is 12.8 Å². The Morgan fingerprint density at radius 1 is 1.89 bits per heavy atom. The Hall–Kier alpha value is -0.900. The number of nitrogens with two attached hydrogens (primary N) is 2. The maximum Gasteiger partial charge on any atom is 0.217 e. The molecule has 0 saturated carbocycles. The van der Waals surface area contributed by atoms with Crippen LogP contribution >= 0.6 is 0 Å².